The third-order valence-corrected chi connectivity index (χ3v) is 4.49. The summed E-state index contributed by atoms with van der Waals surface area (Å²) in [6, 6.07) is 0. The Bertz CT molecular complexity index is 581. The molecule has 124 valence electrons. The maximum atomic E-state index is 11.7. The number of hydrogen-bond donors (Lipinski definition) is 0. The van der Waals surface area contributed by atoms with Crippen LogP contribution in [0.3, 0.4) is 0 Å². The van der Waals surface area contributed by atoms with Gasteiger partial charge in [0.05, 0.1) is 24.6 Å². The summed E-state index contributed by atoms with van der Waals surface area (Å²) >= 11 is 0. The Morgan fingerprint density at radius 1 is 1.30 bits per heavy atom. The molecular weight excluding hydrogens is 296 g/mol. The third-order valence-electron chi connectivity index (χ3n) is 4.49. The molecule has 3 rings (SSSR count). The Morgan fingerprint density at radius 2 is 2.04 bits per heavy atom. The number of hydrogen-bond acceptors (Lipinski definition) is 5. The normalized spacial score (nSPS) is 22.3. The Kier molecular flexibility index (Phi) is 4.45. The molecule has 2 saturated heterocycles. The van der Waals surface area contributed by atoms with Crippen LogP contribution < -0.4 is 4.90 Å². The molecule has 0 N–H and O–H groups in total. The average molecular weight is 318 g/mol. The Hall–Kier alpha value is -2.18. The van der Waals surface area contributed by atoms with Gasteiger partial charge in [0.25, 0.3) is 0 Å². The van der Waals surface area contributed by atoms with Crippen LogP contribution in [0.2, 0.25) is 0 Å². The van der Waals surface area contributed by atoms with Crippen molar-refractivity contribution in [2.24, 2.45) is 5.92 Å². The van der Waals surface area contributed by atoms with Crippen molar-refractivity contribution in [2.45, 2.75) is 39.2 Å². The van der Waals surface area contributed by atoms with Crippen LogP contribution in [0.25, 0.3) is 0 Å². The highest BCUT2D eigenvalue weighted by molar-refractivity contribution is 5.88. The first-order chi connectivity index (χ1) is 11.0. The van der Waals surface area contributed by atoms with E-state index in [0.29, 0.717) is 18.3 Å². The van der Waals surface area contributed by atoms with E-state index in [-0.39, 0.29) is 18.1 Å². The minimum Gasteiger partial charge on any atom is -0.444 e. The second-order valence-corrected chi connectivity index (χ2v) is 6.32. The second kappa shape index (κ2) is 6.52. The van der Waals surface area contributed by atoms with Gasteiger partial charge in [-0.05, 0) is 32.1 Å². The number of aromatic nitrogens is 2. The molecule has 0 spiro atoms. The highest BCUT2D eigenvalue weighted by Crippen LogP contribution is 2.22. The van der Waals surface area contributed by atoms with Gasteiger partial charge in [0.1, 0.15) is 6.10 Å². The summed E-state index contributed by atoms with van der Waals surface area (Å²) in [6.07, 6.45) is 5.76. The summed E-state index contributed by atoms with van der Waals surface area (Å²) in [7, 11) is 0. The first-order valence-electron chi connectivity index (χ1n) is 8.07. The molecule has 2 aliphatic rings. The molecular formula is C16H22N4O3. The fourth-order valence-electron chi connectivity index (χ4n) is 3.13. The highest BCUT2D eigenvalue weighted by atomic mass is 16.6. The number of cyclic esters (lactones) is 1. The molecule has 3 heterocycles. The minimum absolute atomic E-state index is 0.115. The third kappa shape index (κ3) is 3.60. The predicted molar refractivity (Wildman–Crippen MR) is 84.0 cm³/mol. The molecule has 23 heavy (non-hydrogen) atoms. The van der Waals surface area contributed by atoms with E-state index in [9.17, 15) is 9.59 Å². The van der Waals surface area contributed by atoms with E-state index in [0.717, 1.165) is 38.0 Å². The molecule has 0 bridgehead atoms. The van der Waals surface area contributed by atoms with Crippen LogP contribution in [0.4, 0.5) is 10.6 Å². The largest absolute Gasteiger partial charge is 0.444 e. The van der Waals surface area contributed by atoms with Gasteiger partial charge < -0.3 is 9.64 Å². The smallest absolute Gasteiger partial charge is 0.415 e. The van der Waals surface area contributed by atoms with Crippen LogP contribution in [-0.2, 0) is 16.0 Å². The maximum Gasteiger partial charge on any atom is 0.415 e. The van der Waals surface area contributed by atoms with Crippen molar-refractivity contribution in [1.29, 1.82) is 0 Å². The predicted octanol–water partition coefficient (Wildman–Crippen LogP) is 1.62. The molecule has 2 aliphatic heterocycles. The number of likely N-dealkylation sites (tertiary alicyclic amines) is 1. The number of amides is 2. The van der Waals surface area contributed by atoms with Crippen LogP contribution in [0.5, 0.6) is 0 Å². The molecule has 1 atom stereocenters. The van der Waals surface area contributed by atoms with E-state index < -0.39 is 0 Å². The van der Waals surface area contributed by atoms with Gasteiger partial charge in [-0.25, -0.2) is 9.78 Å². The molecule has 2 amide bonds. The molecule has 1 aromatic rings. The molecule has 2 fully saturated rings. The van der Waals surface area contributed by atoms with Crippen molar-refractivity contribution in [3.05, 3.63) is 18.1 Å². The minimum atomic E-state index is -0.365. The lowest BCUT2D eigenvalue weighted by atomic mass is 9.92. The molecule has 0 unspecified atom stereocenters. The number of nitrogens with zero attached hydrogens (tertiary/aromatic N) is 4. The summed E-state index contributed by atoms with van der Waals surface area (Å²) in [4.78, 5) is 35.2. The molecule has 0 aliphatic carbocycles. The topological polar surface area (TPSA) is 75.6 Å². The van der Waals surface area contributed by atoms with Crippen molar-refractivity contribution in [3.8, 4) is 0 Å². The van der Waals surface area contributed by atoms with Gasteiger partial charge in [-0.2, -0.15) is 0 Å². The molecule has 1 aromatic heterocycles. The van der Waals surface area contributed by atoms with Gasteiger partial charge in [-0.15, -0.1) is 0 Å². The maximum absolute atomic E-state index is 11.7. The number of ether oxygens (including phenoxy) is 1. The number of carbonyl (C=O) groups excluding carboxylic acids is 2. The van der Waals surface area contributed by atoms with Crippen LogP contribution in [-0.4, -0.2) is 52.6 Å². The molecule has 7 nitrogen and oxygen atoms in total. The number of rotatable bonds is 3. The Labute approximate surface area is 135 Å². The van der Waals surface area contributed by atoms with Crippen LogP contribution in [0.1, 0.15) is 32.4 Å². The molecule has 0 aromatic carbocycles. The van der Waals surface area contributed by atoms with Crippen LogP contribution in [0.15, 0.2) is 12.4 Å². The van der Waals surface area contributed by atoms with E-state index in [1.165, 1.54) is 4.90 Å². The van der Waals surface area contributed by atoms with Gasteiger partial charge in [0, 0.05) is 20.0 Å². The van der Waals surface area contributed by atoms with E-state index >= 15 is 0 Å². The average Bonchev–Trinajstić information content (AvgIpc) is 2.87. The first kappa shape index (κ1) is 15.7. The van der Waals surface area contributed by atoms with Crippen LogP contribution in [0, 0.1) is 5.92 Å². The van der Waals surface area contributed by atoms with Crippen molar-refractivity contribution >= 4 is 17.8 Å². The van der Waals surface area contributed by atoms with Gasteiger partial charge in [-0.1, -0.05) is 0 Å². The lowest BCUT2D eigenvalue weighted by Gasteiger charge is -2.31. The zero-order chi connectivity index (χ0) is 16.4. The fraction of sp³-hybridized carbons (Fsp3) is 0.625. The quantitative estimate of drug-likeness (QED) is 0.846. The number of piperidine rings is 1. The summed E-state index contributed by atoms with van der Waals surface area (Å²) in [5.74, 6) is 1.22. The lowest BCUT2D eigenvalue weighted by Crippen LogP contribution is -2.37. The van der Waals surface area contributed by atoms with E-state index in [4.69, 9.17) is 4.74 Å². The standard InChI is InChI=1S/C16H22N4O3/c1-11-10-20(16(22)23-11)15-9-17-14(8-18-15)7-13-3-5-19(6-4-13)12(2)21/h8-9,11,13H,3-7,10H2,1-2H3/t11-/m0/s1. The molecule has 0 radical (unpaired) electrons. The zero-order valence-corrected chi connectivity index (χ0v) is 13.6. The summed E-state index contributed by atoms with van der Waals surface area (Å²) in [5, 5.41) is 0. The van der Waals surface area contributed by atoms with Gasteiger partial charge in [-0.3, -0.25) is 14.7 Å². The molecule has 0 saturated carbocycles. The van der Waals surface area contributed by atoms with E-state index in [2.05, 4.69) is 9.97 Å². The van der Waals surface area contributed by atoms with Crippen LogP contribution >= 0.6 is 0 Å². The van der Waals surface area contributed by atoms with Crippen molar-refractivity contribution in [1.82, 2.24) is 14.9 Å². The molecule has 7 heteroatoms. The monoisotopic (exact) mass is 318 g/mol. The Balaban J connectivity index is 1.56. The van der Waals surface area contributed by atoms with Crippen molar-refractivity contribution in [2.75, 3.05) is 24.5 Å². The van der Waals surface area contributed by atoms with E-state index in [1.54, 1.807) is 19.3 Å². The lowest BCUT2D eigenvalue weighted by molar-refractivity contribution is -0.130. The zero-order valence-electron chi connectivity index (χ0n) is 13.6. The first-order valence-corrected chi connectivity index (χ1v) is 8.07. The van der Waals surface area contributed by atoms with Gasteiger partial charge in [0.2, 0.25) is 5.91 Å². The SMILES string of the molecule is CC(=O)N1CCC(Cc2cnc(N3C[C@H](C)OC3=O)cn2)CC1. The Morgan fingerprint density at radius 3 is 2.57 bits per heavy atom. The summed E-state index contributed by atoms with van der Waals surface area (Å²) in [5.41, 5.74) is 0.927. The fourth-order valence-corrected chi connectivity index (χ4v) is 3.13. The summed E-state index contributed by atoms with van der Waals surface area (Å²) in [6.45, 7) is 5.63. The van der Waals surface area contributed by atoms with Crippen molar-refractivity contribution < 1.29 is 14.3 Å². The second-order valence-electron chi connectivity index (χ2n) is 6.32. The van der Waals surface area contributed by atoms with Gasteiger partial charge in [0.15, 0.2) is 5.82 Å². The van der Waals surface area contributed by atoms with E-state index in [1.807, 2.05) is 11.8 Å². The van der Waals surface area contributed by atoms with Gasteiger partial charge >= 0.3 is 6.09 Å². The summed E-state index contributed by atoms with van der Waals surface area (Å²) < 4.78 is 5.10. The highest BCUT2D eigenvalue weighted by Gasteiger charge is 2.30. The number of anilines is 1. The van der Waals surface area contributed by atoms with Crippen molar-refractivity contribution in [3.63, 3.8) is 0 Å². The number of carbonyl (C=O) groups is 2.